The zero-order valence-electron chi connectivity index (χ0n) is 9.71. The lowest BCUT2D eigenvalue weighted by Crippen LogP contribution is -2.26. The van der Waals surface area contributed by atoms with Crippen LogP contribution in [-0.4, -0.2) is 23.0 Å². The molecule has 0 aliphatic carbocycles. The summed E-state index contributed by atoms with van der Waals surface area (Å²) in [6.07, 6.45) is 0. The summed E-state index contributed by atoms with van der Waals surface area (Å²) in [5.41, 5.74) is 1.35. The summed E-state index contributed by atoms with van der Waals surface area (Å²) in [6, 6.07) is 11.0. The van der Waals surface area contributed by atoms with Crippen molar-refractivity contribution in [2.24, 2.45) is 10.3 Å². The van der Waals surface area contributed by atoms with Crippen LogP contribution in [0.5, 0.6) is 0 Å². The summed E-state index contributed by atoms with van der Waals surface area (Å²) < 4.78 is 0. The van der Waals surface area contributed by atoms with Crippen LogP contribution in [0.25, 0.3) is 0 Å². The highest BCUT2D eigenvalue weighted by atomic mass is 32.2. The van der Waals surface area contributed by atoms with Gasteiger partial charge in [-0.25, -0.2) is 0 Å². The van der Waals surface area contributed by atoms with Crippen molar-refractivity contribution >= 4 is 11.8 Å². The van der Waals surface area contributed by atoms with Gasteiger partial charge in [-0.1, -0.05) is 35.6 Å². The molecule has 1 aromatic rings. The number of benzene rings is 1. The molecule has 1 unspecified atom stereocenters. The summed E-state index contributed by atoms with van der Waals surface area (Å²) in [5.74, 6) is 1.01. The Bertz CT molecular complexity index is 351. The predicted molar refractivity (Wildman–Crippen MR) is 68.2 cm³/mol. The second kappa shape index (κ2) is 5.34. The highest BCUT2D eigenvalue weighted by Crippen LogP contribution is 2.24. The second-order valence-electron chi connectivity index (χ2n) is 4.17. The Hall–Kier alpha value is -1.03. The molecule has 0 spiro atoms. The number of hydrogen-bond acceptors (Lipinski definition) is 4. The fourth-order valence-corrected chi connectivity index (χ4v) is 2.47. The third-order valence-electron chi connectivity index (χ3n) is 2.52. The topological polar surface area (TPSA) is 28.0 Å². The monoisotopic (exact) mass is 235 g/mol. The third kappa shape index (κ3) is 2.98. The van der Waals surface area contributed by atoms with E-state index in [1.54, 1.807) is 0 Å². The normalized spacial score (nSPS) is 19.7. The van der Waals surface area contributed by atoms with Crippen LogP contribution in [0, 0.1) is 0 Å². The molecule has 3 nitrogen and oxygen atoms in total. The van der Waals surface area contributed by atoms with Gasteiger partial charge in [-0.15, -0.1) is 11.8 Å². The summed E-state index contributed by atoms with van der Waals surface area (Å²) in [5, 5.41) is 10.8. The molecule has 0 bridgehead atoms. The number of nitrogens with zero attached hydrogens (tertiary/aromatic N) is 3. The molecule has 86 valence electrons. The molecule has 0 saturated heterocycles. The Balaban J connectivity index is 1.79. The Morgan fingerprint density at radius 2 is 2.12 bits per heavy atom. The van der Waals surface area contributed by atoms with E-state index >= 15 is 0 Å². The zero-order valence-corrected chi connectivity index (χ0v) is 10.5. The first-order chi connectivity index (χ1) is 7.75. The van der Waals surface area contributed by atoms with Gasteiger partial charge in [0.2, 0.25) is 0 Å². The molecule has 0 radical (unpaired) electrons. The van der Waals surface area contributed by atoms with Crippen molar-refractivity contribution in [3.63, 3.8) is 0 Å². The van der Waals surface area contributed by atoms with E-state index in [0.29, 0.717) is 11.4 Å². The fourth-order valence-electron chi connectivity index (χ4n) is 1.52. The molecule has 0 aromatic heterocycles. The van der Waals surface area contributed by atoms with E-state index in [2.05, 4.69) is 48.5 Å². The Kier molecular flexibility index (Phi) is 3.83. The minimum Gasteiger partial charge on any atom is -0.273 e. The highest BCUT2D eigenvalue weighted by molar-refractivity contribution is 7.99. The average molecular weight is 235 g/mol. The van der Waals surface area contributed by atoms with Gasteiger partial charge in [0.25, 0.3) is 0 Å². The molecular weight excluding hydrogens is 218 g/mol. The molecule has 16 heavy (non-hydrogen) atoms. The van der Waals surface area contributed by atoms with Crippen LogP contribution >= 0.6 is 11.8 Å². The smallest absolute Gasteiger partial charge is 0.138 e. The Labute approximate surface area is 101 Å². The van der Waals surface area contributed by atoms with Crippen LogP contribution < -0.4 is 0 Å². The lowest BCUT2D eigenvalue weighted by Gasteiger charge is -2.17. The van der Waals surface area contributed by atoms with Crippen molar-refractivity contribution in [3.05, 3.63) is 35.9 Å². The van der Waals surface area contributed by atoms with Crippen molar-refractivity contribution in [1.82, 2.24) is 5.01 Å². The molecule has 1 aromatic carbocycles. The molecule has 1 heterocycles. The van der Waals surface area contributed by atoms with E-state index in [1.807, 2.05) is 22.8 Å². The van der Waals surface area contributed by atoms with Crippen molar-refractivity contribution in [2.45, 2.75) is 31.0 Å². The van der Waals surface area contributed by atoms with Gasteiger partial charge in [-0.2, -0.15) is 5.11 Å². The zero-order chi connectivity index (χ0) is 11.4. The van der Waals surface area contributed by atoms with E-state index in [9.17, 15) is 0 Å². The van der Waals surface area contributed by atoms with Gasteiger partial charge < -0.3 is 0 Å². The first-order valence-corrected chi connectivity index (χ1v) is 6.63. The molecule has 1 atom stereocenters. The molecule has 0 fully saturated rings. The van der Waals surface area contributed by atoms with E-state index in [1.165, 1.54) is 5.56 Å². The summed E-state index contributed by atoms with van der Waals surface area (Å²) >= 11 is 1.86. The lowest BCUT2D eigenvalue weighted by molar-refractivity contribution is 0.256. The molecule has 0 N–H and O–H groups in total. The molecule has 0 amide bonds. The molecule has 2 rings (SSSR count). The minimum absolute atomic E-state index is 0.294. The van der Waals surface area contributed by atoms with Gasteiger partial charge in [0.1, 0.15) is 5.37 Å². The van der Waals surface area contributed by atoms with Crippen molar-refractivity contribution in [3.8, 4) is 0 Å². The standard InChI is InChI=1S/C12H17N3S/c1-10(2)15-8-12(13-14-15)16-9-11-6-4-3-5-7-11/h3-7,10,12H,8-9H2,1-2H3. The van der Waals surface area contributed by atoms with Crippen LogP contribution in [0.1, 0.15) is 19.4 Å². The van der Waals surface area contributed by atoms with E-state index in [-0.39, 0.29) is 0 Å². The van der Waals surface area contributed by atoms with Gasteiger partial charge >= 0.3 is 0 Å². The number of rotatable bonds is 4. The van der Waals surface area contributed by atoms with Crippen molar-refractivity contribution in [1.29, 1.82) is 0 Å². The maximum atomic E-state index is 4.27. The fraction of sp³-hybridized carbons (Fsp3) is 0.500. The maximum Gasteiger partial charge on any atom is 0.138 e. The minimum atomic E-state index is 0.294. The van der Waals surface area contributed by atoms with Crippen LogP contribution in [0.15, 0.2) is 40.7 Å². The van der Waals surface area contributed by atoms with Gasteiger partial charge in [-0.05, 0) is 19.4 Å². The van der Waals surface area contributed by atoms with E-state index in [4.69, 9.17) is 0 Å². The van der Waals surface area contributed by atoms with E-state index < -0.39 is 0 Å². The van der Waals surface area contributed by atoms with Crippen molar-refractivity contribution in [2.75, 3.05) is 6.54 Å². The van der Waals surface area contributed by atoms with Crippen LogP contribution in [0.3, 0.4) is 0 Å². The first kappa shape index (κ1) is 11.5. The number of thioether (sulfide) groups is 1. The number of hydrogen-bond donors (Lipinski definition) is 0. The molecule has 1 aliphatic heterocycles. The molecule has 4 heteroatoms. The highest BCUT2D eigenvalue weighted by Gasteiger charge is 2.21. The molecular formula is C12H17N3S. The summed E-state index contributed by atoms with van der Waals surface area (Å²) in [7, 11) is 0. The predicted octanol–water partition coefficient (Wildman–Crippen LogP) is 3.34. The molecule has 1 aliphatic rings. The summed E-state index contributed by atoms with van der Waals surface area (Å²) in [6.45, 7) is 5.22. The largest absolute Gasteiger partial charge is 0.273 e. The Morgan fingerprint density at radius 1 is 1.38 bits per heavy atom. The average Bonchev–Trinajstić information content (AvgIpc) is 2.76. The van der Waals surface area contributed by atoms with E-state index in [0.717, 1.165) is 12.3 Å². The molecule has 0 saturated carbocycles. The van der Waals surface area contributed by atoms with Gasteiger partial charge in [-0.3, -0.25) is 5.01 Å². The first-order valence-electron chi connectivity index (χ1n) is 5.58. The van der Waals surface area contributed by atoms with Gasteiger partial charge in [0, 0.05) is 11.8 Å². The van der Waals surface area contributed by atoms with Crippen molar-refractivity contribution < 1.29 is 0 Å². The lowest BCUT2D eigenvalue weighted by atomic mass is 10.2. The third-order valence-corrected chi connectivity index (χ3v) is 3.65. The quantitative estimate of drug-likeness (QED) is 0.800. The van der Waals surface area contributed by atoms with Gasteiger partial charge in [0.05, 0.1) is 6.54 Å². The SMILES string of the molecule is CC(C)N1CC(SCc2ccccc2)N=N1. The van der Waals surface area contributed by atoms with Crippen LogP contribution in [-0.2, 0) is 5.75 Å². The maximum absolute atomic E-state index is 4.27. The Morgan fingerprint density at radius 3 is 2.75 bits per heavy atom. The van der Waals surface area contributed by atoms with Crippen LogP contribution in [0.2, 0.25) is 0 Å². The van der Waals surface area contributed by atoms with Gasteiger partial charge in [0.15, 0.2) is 0 Å². The summed E-state index contributed by atoms with van der Waals surface area (Å²) in [4.78, 5) is 0. The second-order valence-corrected chi connectivity index (χ2v) is 5.34. The van der Waals surface area contributed by atoms with Crippen LogP contribution in [0.4, 0.5) is 0 Å².